The van der Waals surface area contributed by atoms with Crippen molar-refractivity contribution in [1.82, 2.24) is 0 Å². The molecule has 78 valence electrons. The third kappa shape index (κ3) is 9.34. The molecule has 0 aromatic heterocycles. The SMILES string of the molecule is CC(C)(C)CCCCCC(=O)OO. The van der Waals surface area contributed by atoms with Gasteiger partial charge >= 0.3 is 5.97 Å². The van der Waals surface area contributed by atoms with Gasteiger partial charge in [0.15, 0.2) is 0 Å². The first-order valence-corrected chi connectivity index (χ1v) is 4.80. The summed E-state index contributed by atoms with van der Waals surface area (Å²) < 4.78 is 0. The van der Waals surface area contributed by atoms with E-state index in [1.54, 1.807) is 0 Å². The fraction of sp³-hybridized carbons (Fsp3) is 0.900. The summed E-state index contributed by atoms with van der Waals surface area (Å²) in [5, 5.41) is 7.97. The fourth-order valence-electron chi connectivity index (χ4n) is 1.15. The molecule has 0 amide bonds. The zero-order chi connectivity index (χ0) is 10.3. The molecule has 0 aromatic carbocycles. The number of hydrogen-bond donors (Lipinski definition) is 1. The molecule has 0 atom stereocenters. The summed E-state index contributed by atoms with van der Waals surface area (Å²) in [6, 6.07) is 0. The first-order valence-electron chi connectivity index (χ1n) is 4.80. The van der Waals surface area contributed by atoms with Gasteiger partial charge in [-0.2, -0.15) is 5.26 Å². The normalized spacial score (nSPS) is 11.4. The molecule has 3 heteroatoms. The van der Waals surface area contributed by atoms with Gasteiger partial charge in [-0.05, 0) is 18.3 Å². The van der Waals surface area contributed by atoms with Crippen molar-refractivity contribution in [1.29, 1.82) is 0 Å². The van der Waals surface area contributed by atoms with E-state index in [1.165, 1.54) is 6.42 Å². The highest BCUT2D eigenvalue weighted by Crippen LogP contribution is 2.22. The second-order valence-corrected chi connectivity index (χ2v) is 4.58. The summed E-state index contributed by atoms with van der Waals surface area (Å²) in [6.07, 6.45) is 4.44. The Hall–Kier alpha value is -0.570. The van der Waals surface area contributed by atoms with Crippen LogP contribution in [0.5, 0.6) is 0 Å². The minimum atomic E-state index is -0.532. The Morgan fingerprint density at radius 3 is 2.31 bits per heavy atom. The zero-order valence-corrected chi connectivity index (χ0v) is 8.80. The highest BCUT2D eigenvalue weighted by atomic mass is 17.1. The second-order valence-electron chi connectivity index (χ2n) is 4.58. The van der Waals surface area contributed by atoms with Crippen LogP contribution in [-0.4, -0.2) is 11.2 Å². The van der Waals surface area contributed by atoms with Gasteiger partial charge < -0.3 is 4.89 Å². The number of rotatable bonds is 5. The molecule has 0 bridgehead atoms. The van der Waals surface area contributed by atoms with Crippen LogP contribution in [0.15, 0.2) is 0 Å². The van der Waals surface area contributed by atoms with E-state index in [1.807, 2.05) is 0 Å². The molecule has 0 aliphatic carbocycles. The standard InChI is InChI=1S/C10H20O3/c1-10(2,3)8-6-4-5-7-9(11)13-12/h12H,4-8H2,1-3H3. The molecule has 0 aliphatic rings. The quantitative estimate of drug-likeness (QED) is 0.410. The Bertz CT molecular complexity index is 147. The van der Waals surface area contributed by atoms with Gasteiger partial charge in [0.2, 0.25) is 0 Å². The van der Waals surface area contributed by atoms with Crippen molar-refractivity contribution in [2.24, 2.45) is 5.41 Å². The lowest BCUT2D eigenvalue weighted by atomic mass is 9.89. The van der Waals surface area contributed by atoms with Gasteiger partial charge in [0.05, 0.1) is 0 Å². The van der Waals surface area contributed by atoms with Gasteiger partial charge in [0.1, 0.15) is 0 Å². The number of unbranched alkanes of at least 4 members (excludes halogenated alkanes) is 2. The van der Waals surface area contributed by atoms with Crippen molar-refractivity contribution >= 4 is 5.97 Å². The Kier molecular flexibility index (Phi) is 5.71. The molecule has 0 aromatic rings. The largest absolute Gasteiger partial charge is 0.342 e. The summed E-state index contributed by atoms with van der Waals surface area (Å²) in [5.41, 5.74) is 0.373. The molecular formula is C10H20O3. The smallest absolute Gasteiger partial charge is 0.301 e. The Morgan fingerprint density at radius 2 is 1.85 bits per heavy atom. The average Bonchev–Trinajstić information content (AvgIpc) is 2.01. The van der Waals surface area contributed by atoms with Gasteiger partial charge in [-0.3, -0.25) is 0 Å². The first kappa shape index (κ1) is 12.4. The van der Waals surface area contributed by atoms with Crippen LogP contribution in [0, 0.1) is 5.41 Å². The second kappa shape index (κ2) is 5.97. The summed E-state index contributed by atoms with van der Waals surface area (Å²) in [5.74, 6) is -0.532. The summed E-state index contributed by atoms with van der Waals surface area (Å²) >= 11 is 0. The van der Waals surface area contributed by atoms with Crippen LogP contribution in [0.1, 0.15) is 52.9 Å². The molecule has 3 nitrogen and oxygen atoms in total. The lowest BCUT2D eigenvalue weighted by Gasteiger charge is -2.17. The third-order valence-electron chi connectivity index (χ3n) is 1.91. The van der Waals surface area contributed by atoms with Crippen LogP contribution in [0.2, 0.25) is 0 Å². The van der Waals surface area contributed by atoms with E-state index in [0.29, 0.717) is 11.8 Å². The van der Waals surface area contributed by atoms with E-state index in [2.05, 4.69) is 25.7 Å². The topological polar surface area (TPSA) is 46.5 Å². The van der Waals surface area contributed by atoms with E-state index in [4.69, 9.17) is 5.26 Å². The molecule has 0 fully saturated rings. The molecule has 0 saturated carbocycles. The summed E-state index contributed by atoms with van der Waals surface area (Å²) in [7, 11) is 0. The maximum Gasteiger partial charge on any atom is 0.342 e. The summed E-state index contributed by atoms with van der Waals surface area (Å²) in [6.45, 7) is 6.61. The first-order chi connectivity index (χ1) is 5.95. The predicted molar refractivity (Wildman–Crippen MR) is 51.3 cm³/mol. The van der Waals surface area contributed by atoms with Gasteiger partial charge in [0.25, 0.3) is 0 Å². The maximum absolute atomic E-state index is 10.5. The van der Waals surface area contributed by atoms with E-state index >= 15 is 0 Å². The molecule has 0 unspecified atom stereocenters. The Labute approximate surface area is 80.0 Å². The van der Waals surface area contributed by atoms with Crippen molar-refractivity contribution in [3.8, 4) is 0 Å². The van der Waals surface area contributed by atoms with Crippen molar-refractivity contribution < 1.29 is 14.9 Å². The molecule has 1 N–H and O–H groups in total. The van der Waals surface area contributed by atoms with Crippen molar-refractivity contribution in [2.75, 3.05) is 0 Å². The predicted octanol–water partition coefficient (Wildman–Crippen LogP) is 3.00. The minimum Gasteiger partial charge on any atom is -0.301 e. The molecule has 0 aliphatic heterocycles. The van der Waals surface area contributed by atoms with Crippen molar-refractivity contribution in [3.05, 3.63) is 0 Å². The number of carbonyl (C=O) groups excluding carboxylic acids is 1. The average molecular weight is 188 g/mol. The molecule has 0 spiro atoms. The highest BCUT2D eigenvalue weighted by molar-refractivity contribution is 5.68. The van der Waals surface area contributed by atoms with E-state index in [-0.39, 0.29) is 0 Å². The lowest BCUT2D eigenvalue weighted by Crippen LogP contribution is -2.04. The summed E-state index contributed by atoms with van der Waals surface area (Å²) in [4.78, 5) is 14.1. The van der Waals surface area contributed by atoms with E-state index < -0.39 is 5.97 Å². The number of carbonyl (C=O) groups is 1. The molecule has 0 saturated heterocycles. The van der Waals surface area contributed by atoms with Gasteiger partial charge in [0, 0.05) is 6.42 Å². The van der Waals surface area contributed by atoms with E-state index in [0.717, 1.165) is 19.3 Å². The van der Waals surface area contributed by atoms with Crippen LogP contribution in [0.4, 0.5) is 0 Å². The Morgan fingerprint density at radius 1 is 1.23 bits per heavy atom. The van der Waals surface area contributed by atoms with Crippen LogP contribution >= 0.6 is 0 Å². The minimum absolute atomic E-state index is 0.320. The monoisotopic (exact) mass is 188 g/mol. The van der Waals surface area contributed by atoms with Crippen molar-refractivity contribution in [2.45, 2.75) is 52.9 Å². The van der Waals surface area contributed by atoms with E-state index in [9.17, 15) is 4.79 Å². The van der Waals surface area contributed by atoms with Crippen LogP contribution < -0.4 is 0 Å². The van der Waals surface area contributed by atoms with Crippen LogP contribution in [-0.2, 0) is 9.68 Å². The molecule has 0 rings (SSSR count). The van der Waals surface area contributed by atoms with Gasteiger partial charge in [-0.1, -0.05) is 33.6 Å². The molecule has 13 heavy (non-hydrogen) atoms. The molecule has 0 heterocycles. The molecular weight excluding hydrogens is 168 g/mol. The van der Waals surface area contributed by atoms with Gasteiger partial charge in [-0.15, -0.1) is 0 Å². The van der Waals surface area contributed by atoms with Crippen molar-refractivity contribution in [3.63, 3.8) is 0 Å². The Balaban J connectivity index is 3.22. The van der Waals surface area contributed by atoms with Crippen LogP contribution in [0.25, 0.3) is 0 Å². The fourth-order valence-corrected chi connectivity index (χ4v) is 1.15. The third-order valence-corrected chi connectivity index (χ3v) is 1.91. The highest BCUT2D eigenvalue weighted by Gasteiger charge is 2.09. The number of hydrogen-bond acceptors (Lipinski definition) is 3. The van der Waals surface area contributed by atoms with Gasteiger partial charge in [-0.25, -0.2) is 4.79 Å². The van der Waals surface area contributed by atoms with Crippen LogP contribution in [0.3, 0.4) is 0 Å². The lowest BCUT2D eigenvalue weighted by molar-refractivity contribution is -0.234. The maximum atomic E-state index is 10.5. The zero-order valence-electron chi connectivity index (χ0n) is 8.80. The molecule has 0 radical (unpaired) electrons.